The third kappa shape index (κ3) is 5.22. The van der Waals surface area contributed by atoms with Gasteiger partial charge in [0.2, 0.25) is 0 Å². The molecule has 292 valence electrons. The van der Waals surface area contributed by atoms with Gasteiger partial charge in [0.15, 0.2) is 5.65 Å². The first-order chi connectivity index (χ1) is 31.2. The zero-order valence-electron chi connectivity index (χ0n) is 33.8. The van der Waals surface area contributed by atoms with Gasteiger partial charge in [-0.15, -0.1) is 11.3 Å². The van der Waals surface area contributed by atoms with E-state index in [2.05, 4.69) is 199 Å². The number of nitrogens with zero attached hydrogens (tertiary/aromatic N) is 2. The van der Waals surface area contributed by atoms with Crippen LogP contribution < -0.4 is 0 Å². The molecule has 0 amide bonds. The van der Waals surface area contributed by atoms with E-state index in [-0.39, 0.29) is 0 Å². The largest absolute Gasteiger partial charge is 0.455 e. The highest BCUT2D eigenvalue weighted by atomic mass is 32.1. The first-order valence-corrected chi connectivity index (χ1v) is 22.2. The zero-order chi connectivity index (χ0) is 41.2. The molecule has 4 aromatic heterocycles. The minimum atomic E-state index is 0.915. The van der Waals surface area contributed by atoms with Gasteiger partial charge in [-0.2, -0.15) is 0 Å². The molecule has 0 bridgehead atoms. The molecule has 0 atom stereocenters. The Bertz CT molecular complexity index is 4190. The van der Waals surface area contributed by atoms with Gasteiger partial charge in [0, 0.05) is 31.8 Å². The highest BCUT2D eigenvalue weighted by molar-refractivity contribution is 7.26. The molecule has 14 aromatic rings. The Hall–Kier alpha value is -8.05. The monoisotopic (exact) mass is 818 g/mol. The number of rotatable bonds is 4. The predicted octanol–water partition coefficient (Wildman–Crippen LogP) is 16.9. The van der Waals surface area contributed by atoms with Crippen LogP contribution in [0.15, 0.2) is 211 Å². The van der Waals surface area contributed by atoms with Crippen molar-refractivity contribution < 1.29 is 4.42 Å². The number of aromatic nitrogens is 2. The second kappa shape index (κ2) is 13.2. The van der Waals surface area contributed by atoms with Crippen molar-refractivity contribution >= 4 is 102 Å². The van der Waals surface area contributed by atoms with Gasteiger partial charge in [0.05, 0.1) is 21.4 Å². The number of benzene rings is 10. The molecule has 0 aliphatic rings. The normalized spacial score (nSPS) is 12.1. The SMILES string of the molecule is c1ccc2cc3cc4c(cc3cc2c1)nc1c2sc3ccccc3c2cc(-c2ccc(-c3ccc(-c5ccc(-c6cccc7c6oc6ccccc67)cc5)c5ccccc35)cc2)n41. The lowest BCUT2D eigenvalue weighted by Crippen LogP contribution is -1.93. The molecule has 4 heteroatoms. The summed E-state index contributed by atoms with van der Waals surface area (Å²) in [6, 6.07) is 75.1. The number of hydrogen-bond acceptors (Lipinski definition) is 3. The zero-order valence-corrected chi connectivity index (χ0v) is 34.7. The maximum absolute atomic E-state index is 6.38. The molecule has 0 aliphatic carbocycles. The summed E-state index contributed by atoms with van der Waals surface area (Å²) < 4.78 is 11.3. The van der Waals surface area contributed by atoms with Gasteiger partial charge in [0.1, 0.15) is 11.2 Å². The maximum Gasteiger partial charge on any atom is 0.156 e. The minimum absolute atomic E-state index is 0.915. The number of imidazole rings is 1. The third-order valence-electron chi connectivity index (χ3n) is 13.2. The molecule has 0 saturated carbocycles. The van der Waals surface area contributed by atoms with Crippen LogP contribution in [0, 0.1) is 0 Å². The van der Waals surface area contributed by atoms with Crippen molar-refractivity contribution in [3.8, 4) is 44.6 Å². The van der Waals surface area contributed by atoms with Crippen LogP contribution in [-0.4, -0.2) is 9.38 Å². The number of thiophene rings is 1. The summed E-state index contributed by atoms with van der Waals surface area (Å²) >= 11 is 1.83. The third-order valence-corrected chi connectivity index (χ3v) is 14.3. The van der Waals surface area contributed by atoms with Crippen LogP contribution >= 0.6 is 11.3 Å². The Labute approximate surface area is 365 Å². The lowest BCUT2D eigenvalue weighted by molar-refractivity contribution is 0.670. The van der Waals surface area contributed by atoms with Gasteiger partial charge < -0.3 is 4.42 Å². The average molecular weight is 819 g/mol. The highest BCUT2D eigenvalue weighted by Crippen LogP contribution is 2.43. The van der Waals surface area contributed by atoms with Crippen LogP contribution in [0.5, 0.6) is 0 Å². The Balaban J connectivity index is 0.879. The molecule has 14 rings (SSSR count). The summed E-state index contributed by atoms with van der Waals surface area (Å²) in [5.74, 6) is 0. The number of fused-ring (bicyclic) bond motifs is 13. The fraction of sp³-hybridized carbons (Fsp3) is 0. The Morgan fingerprint density at radius 2 is 0.968 bits per heavy atom. The first kappa shape index (κ1) is 34.6. The van der Waals surface area contributed by atoms with Gasteiger partial charge in [-0.1, -0.05) is 164 Å². The fourth-order valence-electron chi connectivity index (χ4n) is 10.1. The van der Waals surface area contributed by atoms with E-state index >= 15 is 0 Å². The summed E-state index contributed by atoms with van der Waals surface area (Å²) in [7, 11) is 0. The van der Waals surface area contributed by atoms with E-state index < -0.39 is 0 Å². The molecule has 0 aliphatic heterocycles. The van der Waals surface area contributed by atoms with Crippen LogP contribution in [0.1, 0.15) is 0 Å². The highest BCUT2D eigenvalue weighted by Gasteiger charge is 2.19. The molecule has 0 spiro atoms. The molecular weight excluding hydrogens is 785 g/mol. The summed E-state index contributed by atoms with van der Waals surface area (Å²) in [4.78, 5) is 5.40. The van der Waals surface area contributed by atoms with E-state index in [1.807, 2.05) is 23.5 Å². The number of furan rings is 1. The first-order valence-electron chi connectivity index (χ1n) is 21.4. The van der Waals surface area contributed by atoms with Crippen molar-refractivity contribution in [1.29, 1.82) is 0 Å². The Morgan fingerprint density at radius 3 is 1.68 bits per heavy atom. The fourth-order valence-corrected chi connectivity index (χ4v) is 11.3. The lowest BCUT2D eigenvalue weighted by Gasteiger charge is -2.14. The Kier molecular flexibility index (Phi) is 7.27. The average Bonchev–Trinajstić information content (AvgIpc) is 4.04. The summed E-state index contributed by atoms with van der Waals surface area (Å²) in [5.41, 5.74) is 14.3. The minimum Gasteiger partial charge on any atom is -0.455 e. The predicted molar refractivity (Wildman–Crippen MR) is 267 cm³/mol. The Morgan fingerprint density at radius 1 is 0.397 bits per heavy atom. The van der Waals surface area contributed by atoms with Crippen molar-refractivity contribution in [2.45, 2.75) is 0 Å². The van der Waals surface area contributed by atoms with Gasteiger partial charge in [-0.3, -0.25) is 4.40 Å². The molecule has 0 fully saturated rings. The smallest absolute Gasteiger partial charge is 0.156 e. The molecule has 10 aromatic carbocycles. The van der Waals surface area contributed by atoms with E-state index in [1.165, 1.54) is 74.7 Å². The summed E-state index contributed by atoms with van der Waals surface area (Å²) in [5, 5.41) is 12.2. The molecule has 4 heterocycles. The number of para-hydroxylation sites is 2. The van der Waals surface area contributed by atoms with E-state index in [0.717, 1.165) is 61.0 Å². The van der Waals surface area contributed by atoms with Gasteiger partial charge in [-0.05, 0) is 108 Å². The van der Waals surface area contributed by atoms with Crippen molar-refractivity contribution in [3.05, 3.63) is 206 Å². The van der Waals surface area contributed by atoms with Gasteiger partial charge in [0.25, 0.3) is 0 Å². The van der Waals surface area contributed by atoms with Crippen LogP contribution in [0.3, 0.4) is 0 Å². The summed E-state index contributed by atoms with van der Waals surface area (Å²) in [6.45, 7) is 0. The quantitative estimate of drug-likeness (QED) is 0.166. The van der Waals surface area contributed by atoms with Crippen molar-refractivity contribution in [3.63, 3.8) is 0 Å². The maximum atomic E-state index is 6.38. The molecule has 0 unspecified atom stereocenters. The van der Waals surface area contributed by atoms with Crippen molar-refractivity contribution in [2.75, 3.05) is 0 Å². The number of hydrogen-bond donors (Lipinski definition) is 0. The topological polar surface area (TPSA) is 30.4 Å². The van der Waals surface area contributed by atoms with Crippen LogP contribution in [0.25, 0.3) is 136 Å². The second-order valence-electron chi connectivity index (χ2n) is 16.7. The molecule has 63 heavy (non-hydrogen) atoms. The van der Waals surface area contributed by atoms with E-state index in [9.17, 15) is 0 Å². The van der Waals surface area contributed by atoms with E-state index in [0.29, 0.717) is 0 Å². The second-order valence-corrected chi connectivity index (χ2v) is 17.7. The van der Waals surface area contributed by atoms with Crippen molar-refractivity contribution in [1.82, 2.24) is 9.38 Å². The molecular formula is C59H34N2OS. The summed E-state index contributed by atoms with van der Waals surface area (Å²) in [6.07, 6.45) is 0. The van der Waals surface area contributed by atoms with Crippen molar-refractivity contribution in [2.24, 2.45) is 0 Å². The molecule has 0 N–H and O–H groups in total. The van der Waals surface area contributed by atoms with Crippen LogP contribution in [0.2, 0.25) is 0 Å². The molecule has 0 radical (unpaired) electrons. The van der Waals surface area contributed by atoms with E-state index in [4.69, 9.17) is 9.40 Å². The number of pyridine rings is 1. The lowest BCUT2D eigenvalue weighted by atomic mass is 9.91. The van der Waals surface area contributed by atoms with E-state index in [1.54, 1.807) is 0 Å². The van der Waals surface area contributed by atoms with Gasteiger partial charge in [-0.25, -0.2) is 4.98 Å². The van der Waals surface area contributed by atoms with Crippen LogP contribution in [0.4, 0.5) is 0 Å². The molecule has 0 saturated heterocycles. The molecule has 3 nitrogen and oxygen atoms in total. The van der Waals surface area contributed by atoms with Gasteiger partial charge >= 0.3 is 0 Å². The standard InChI is InChI=1S/C59H34N2OS/c1-2-11-40-31-42-33-54-52(32-41(42)30-39(40)10-1)60-59-58-51(49-15-6-8-19-56(49)63-58)34-53(61(54)59)38-26-24-36(25-27-38)44-29-28-43(46-12-3-4-13-47(44)46)35-20-22-37(23-21-35)45-16-9-17-50-48-14-5-7-18-55(48)62-57(45)50/h1-34H. The van der Waals surface area contributed by atoms with Crippen LogP contribution in [-0.2, 0) is 0 Å².